The summed E-state index contributed by atoms with van der Waals surface area (Å²) in [6.45, 7) is 6.32. The van der Waals surface area contributed by atoms with Crippen molar-refractivity contribution >= 4 is 5.91 Å². The second kappa shape index (κ2) is 6.70. The van der Waals surface area contributed by atoms with E-state index in [2.05, 4.69) is 17.2 Å². The van der Waals surface area contributed by atoms with Crippen LogP contribution in [0.2, 0.25) is 0 Å². The van der Waals surface area contributed by atoms with Gasteiger partial charge in [-0.15, -0.1) is 0 Å². The number of hydrogen-bond donors (Lipinski definition) is 1. The predicted molar refractivity (Wildman–Crippen MR) is 72.6 cm³/mol. The van der Waals surface area contributed by atoms with Gasteiger partial charge >= 0.3 is 0 Å². The molecule has 0 bridgehead atoms. The number of nitrogens with one attached hydrogen (secondary N) is 1. The zero-order valence-corrected chi connectivity index (χ0v) is 11.8. The zero-order chi connectivity index (χ0) is 13.7. The average Bonchev–Trinajstić information content (AvgIpc) is 2.87. The molecule has 2 heterocycles. The summed E-state index contributed by atoms with van der Waals surface area (Å²) < 4.78 is 5.57. The molecule has 1 atom stereocenters. The first-order valence-electron chi connectivity index (χ1n) is 7.20. The number of rotatable bonds is 6. The summed E-state index contributed by atoms with van der Waals surface area (Å²) in [4.78, 5) is 18.4. The fraction of sp³-hybridized carbons (Fsp3) is 0.714. The van der Waals surface area contributed by atoms with Crippen LogP contribution in [0.15, 0.2) is 10.6 Å². The summed E-state index contributed by atoms with van der Waals surface area (Å²) in [5.41, 5.74) is 0. The molecule has 1 aromatic rings. The quantitative estimate of drug-likeness (QED) is 0.851. The van der Waals surface area contributed by atoms with Crippen LogP contribution in [0.3, 0.4) is 0 Å². The normalized spacial score (nSPS) is 20.0. The Kier molecular flexibility index (Phi) is 4.96. The molecule has 1 saturated heterocycles. The van der Waals surface area contributed by atoms with E-state index in [1.165, 1.54) is 0 Å². The van der Waals surface area contributed by atoms with Crippen LogP contribution in [-0.4, -0.2) is 34.9 Å². The van der Waals surface area contributed by atoms with E-state index in [4.69, 9.17) is 4.42 Å². The summed E-state index contributed by atoms with van der Waals surface area (Å²) in [5, 5.41) is 3.31. The first-order valence-corrected chi connectivity index (χ1v) is 7.20. The Morgan fingerprint density at radius 1 is 1.53 bits per heavy atom. The fourth-order valence-corrected chi connectivity index (χ4v) is 2.35. The lowest BCUT2D eigenvalue weighted by Gasteiger charge is -2.31. The molecule has 1 fully saturated rings. The highest BCUT2D eigenvalue weighted by molar-refractivity contribution is 5.82. The van der Waals surface area contributed by atoms with Crippen molar-refractivity contribution < 1.29 is 9.21 Å². The van der Waals surface area contributed by atoms with Crippen molar-refractivity contribution in [2.45, 2.75) is 52.1 Å². The van der Waals surface area contributed by atoms with Crippen LogP contribution in [0.1, 0.15) is 44.8 Å². The molecule has 1 amide bonds. The third-order valence-corrected chi connectivity index (χ3v) is 3.45. The lowest BCUT2D eigenvalue weighted by molar-refractivity contribution is -0.137. The molecule has 1 aliphatic rings. The van der Waals surface area contributed by atoms with Crippen molar-refractivity contribution in [3.63, 3.8) is 0 Å². The average molecular weight is 265 g/mol. The zero-order valence-electron chi connectivity index (χ0n) is 11.8. The maximum atomic E-state index is 12.3. The number of likely N-dealkylation sites (tertiary alicyclic amines) is 1. The molecule has 19 heavy (non-hydrogen) atoms. The Bertz CT molecular complexity index is 417. The van der Waals surface area contributed by atoms with E-state index in [1.54, 1.807) is 6.20 Å². The molecule has 0 aromatic carbocycles. The van der Waals surface area contributed by atoms with Gasteiger partial charge in [-0.3, -0.25) is 4.79 Å². The summed E-state index contributed by atoms with van der Waals surface area (Å²) in [6, 6.07) is -0.0330. The van der Waals surface area contributed by atoms with Gasteiger partial charge in [0.1, 0.15) is 5.76 Å². The van der Waals surface area contributed by atoms with Crippen LogP contribution < -0.4 is 5.32 Å². The van der Waals surface area contributed by atoms with Crippen LogP contribution in [0, 0.1) is 0 Å². The van der Waals surface area contributed by atoms with Crippen LogP contribution >= 0.6 is 0 Å². The number of aryl methyl sites for hydroxylation is 1. The van der Waals surface area contributed by atoms with Crippen molar-refractivity contribution in [1.29, 1.82) is 0 Å². The van der Waals surface area contributed by atoms with Crippen LogP contribution in [-0.2, 0) is 17.8 Å². The number of nitrogens with zero attached hydrogens (tertiary/aromatic N) is 2. The second-order valence-corrected chi connectivity index (χ2v) is 4.98. The molecule has 5 heteroatoms. The standard InChI is InChI=1S/C14H23N3O2/c1-3-7-15-12-6-5-8-17(14(12)18)10-13-16-9-11(4-2)19-13/h9,12,15H,3-8,10H2,1-2H3. The van der Waals surface area contributed by atoms with Crippen molar-refractivity contribution in [2.75, 3.05) is 13.1 Å². The SMILES string of the molecule is CCCNC1CCCN(Cc2ncc(CC)o2)C1=O. The Morgan fingerprint density at radius 2 is 2.37 bits per heavy atom. The molecule has 1 aliphatic heterocycles. The summed E-state index contributed by atoms with van der Waals surface area (Å²) in [6.07, 6.45) is 5.59. The smallest absolute Gasteiger partial charge is 0.240 e. The summed E-state index contributed by atoms with van der Waals surface area (Å²) >= 11 is 0. The van der Waals surface area contributed by atoms with E-state index in [-0.39, 0.29) is 11.9 Å². The topological polar surface area (TPSA) is 58.4 Å². The largest absolute Gasteiger partial charge is 0.444 e. The van der Waals surface area contributed by atoms with Gasteiger partial charge in [0.05, 0.1) is 18.8 Å². The highest BCUT2D eigenvalue weighted by Crippen LogP contribution is 2.15. The number of piperidine rings is 1. The first-order chi connectivity index (χ1) is 9.24. The van der Waals surface area contributed by atoms with E-state index in [1.807, 2.05) is 11.8 Å². The van der Waals surface area contributed by atoms with E-state index in [0.717, 1.165) is 44.5 Å². The Labute approximate surface area is 114 Å². The molecule has 106 valence electrons. The highest BCUT2D eigenvalue weighted by atomic mass is 16.4. The second-order valence-electron chi connectivity index (χ2n) is 4.98. The van der Waals surface area contributed by atoms with Crippen molar-refractivity contribution in [3.8, 4) is 0 Å². The number of oxazole rings is 1. The molecule has 0 aliphatic carbocycles. The van der Waals surface area contributed by atoms with Gasteiger partial charge in [-0.2, -0.15) is 0 Å². The Balaban J connectivity index is 1.93. The molecule has 0 saturated carbocycles. The number of aromatic nitrogens is 1. The minimum absolute atomic E-state index is 0.0330. The van der Waals surface area contributed by atoms with E-state index < -0.39 is 0 Å². The van der Waals surface area contributed by atoms with Crippen LogP contribution in [0.4, 0.5) is 0 Å². The van der Waals surface area contributed by atoms with Crippen LogP contribution in [0.5, 0.6) is 0 Å². The molecule has 1 unspecified atom stereocenters. The molecule has 1 aromatic heterocycles. The third-order valence-electron chi connectivity index (χ3n) is 3.45. The van der Waals surface area contributed by atoms with Gasteiger partial charge in [0, 0.05) is 13.0 Å². The minimum Gasteiger partial charge on any atom is -0.444 e. The van der Waals surface area contributed by atoms with Crippen molar-refractivity contribution in [3.05, 3.63) is 17.8 Å². The molecule has 5 nitrogen and oxygen atoms in total. The van der Waals surface area contributed by atoms with Gasteiger partial charge < -0.3 is 14.6 Å². The lowest BCUT2D eigenvalue weighted by Crippen LogP contribution is -2.50. The van der Waals surface area contributed by atoms with Gasteiger partial charge in [-0.05, 0) is 25.8 Å². The molecule has 1 N–H and O–H groups in total. The summed E-state index contributed by atoms with van der Waals surface area (Å²) in [5.74, 6) is 1.69. The van der Waals surface area contributed by atoms with Gasteiger partial charge in [-0.1, -0.05) is 13.8 Å². The third kappa shape index (κ3) is 3.56. The Morgan fingerprint density at radius 3 is 3.05 bits per heavy atom. The monoisotopic (exact) mass is 265 g/mol. The fourth-order valence-electron chi connectivity index (χ4n) is 2.35. The number of carbonyl (C=O) groups is 1. The molecular weight excluding hydrogens is 242 g/mol. The number of amides is 1. The first kappa shape index (κ1) is 14.1. The summed E-state index contributed by atoms with van der Waals surface area (Å²) in [7, 11) is 0. The van der Waals surface area contributed by atoms with Crippen LogP contribution in [0.25, 0.3) is 0 Å². The van der Waals surface area contributed by atoms with Gasteiger partial charge in [0.2, 0.25) is 11.8 Å². The van der Waals surface area contributed by atoms with Crippen molar-refractivity contribution in [2.24, 2.45) is 0 Å². The van der Waals surface area contributed by atoms with Crippen molar-refractivity contribution in [1.82, 2.24) is 15.2 Å². The molecule has 0 radical (unpaired) electrons. The van der Waals surface area contributed by atoms with Gasteiger partial charge in [-0.25, -0.2) is 4.98 Å². The maximum absolute atomic E-state index is 12.3. The maximum Gasteiger partial charge on any atom is 0.240 e. The predicted octanol–water partition coefficient (Wildman–Crippen LogP) is 1.73. The molecular formula is C14H23N3O2. The van der Waals surface area contributed by atoms with Gasteiger partial charge in [0.25, 0.3) is 0 Å². The van der Waals surface area contributed by atoms with E-state index in [9.17, 15) is 4.79 Å². The minimum atomic E-state index is -0.0330. The molecule has 0 spiro atoms. The van der Waals surface area contributed by atoms with E-state index >= 15 is 0 Å². The van der Waals surface area contributed by atoms with E-state index in [0.29, 0.717) is 12.4 Å². The lowest BCUT2D eigenvalue weighted by atomic mass is 10.0. The number of carbonyl (C=O) groups excluding carboxylic acids is 1. The Hall–Kier alpha value is -1.36. The molecule has 2 rings (SSSR count). The van der Waals surface area contributed by atoms with Gasteiger partial charge in [0.15, 0.2) is 0 Å². The number of hydrogen-bond acceptors (Lipinski definition) is 4. The highest BCUT2D eigenvalue weighted by Gasteiger charge is 2.28.